The van der Waals surface area contributed by atoms with Crippen LogP contribution in [0.5, 0.6) is 17.4 Å². The average Bonchev–Trinajstić information content (AvgIpc) is 3.66. The van der Waals surface area contributed by atoms with Crippen molar-refractivity contribution in [2.45, 2.75) is 71.2 Å². The molecular weight excluding hydrogens is 454 g/mol. The van der Waals surface area contributed by atoms with Gasteiger partial charge in [-0.05, 0) is 64.3 Å². The van der Waals surface area contributed by atoms with E-state index in [-0.39, 0.29) is 5.60 Å². The fourth-order valence-corrected chi connectivity index (χ4v) is 4.23. The maximum absolute atomic E-state index is 10.8. The van der Waals surface area contributed by atoms with Crippen molar-refractivity contribution in [2.75, 3.05) is 20.3 Å². The van der Waals surface area contributed by atoms with Crippen LogP contribution >= 0.6 is 0 Å². The largest absolute Gasteiger partial charge is 0.493 e. The molecular formula is C29H39N3O4. The van der Waals surface area contributed by atoms with E-state index in [0.717, 1.165) is 36.2 Å². The van der Waals surface area contributed by atoms with Gasteiger partial charge in [-0.2, -0.15) is 5.10 Å². The molecule has 0 saturated heterocycles. The van der Waals surface area contributed by atoms with Crippen LogP contribution in [0.4, 0.5) is 0 Å². The average molecular weight is 494 g/mol. The lowest BCUT2D eigenvalue weighted by Crippen LogP contribution is -2.38. The Hall–Kier alpha value is -2.87. The third kappa shape index (κ3) is 6.66. The minimum Gasteiger partial charge on any atom is -0.493 e. The van der Waals surface area contributed by atoms with E-state index in [1.165, 1.54) is 0 Å². The molecule has 0 aliphatic heterocycles. The van der Waals surface area contributed by atoms with E-state index in [1.807, 2.05) is 80.1 Å². The standard InChI is InChI=1S/C29H39N3O4/c1-6-25-24(19-31(21-16-17-21)18-23(33)20-35-29(2,3)4)28(32(30-25)22-12-8-7-9-13-22)36-27-15-11-10-14-26(27)34-5/h7-15,21,23,33H,6,16-20H2,1-5H3/t23-/m1/s1. The molecule has 7 nitrogen and oxygen atoms in total. The van der Waals surface area contributed by atoms with Crippen LogP contribution in [0.2, 0.25) is 0 Å². The maximum atomic E-state index is 10.8. The first-order valence-electron chi connectivity index (χ1n) is 12.8. The van der Waals surface area contributed by atoms with Gasteiger partial charge in [-0.15, -0.1) is 0 Å². The highest BCUT2D eigenvalue weighted by molar-refractivity contribution is 5.47. The Morgan fingerprint density at radius 2 is 1.72 bits per heavy atom. The first-order chi connectivity index (χ1) is 17.3. The first-order valence-corrected chi connectivity index (χ1v) is 12.8. The molecule has 1 atom stereocenters. The predicted octanol–water partition coefficient (Wildman–Crippen LogP) is 5.38. The van der Waals surface area contributed by atoms with E-state index in [4.69, 9.17) is 19.3 Å². The number of hydrogen-bond acceptors (Lipinski definition) is 6. The van der Waals surface area contributed by atoms with E-state index in [9.17, 15) is 5.11 Å². The Bertz CT molecular complexity index is 1120. The number of aliphatic hydroxyl groups is 1. The van der Waals surface area contributed by atoms with Crippen molar-refractivity contribution in [3.63, 3.8) is 0 Å². The molecule has 1 N–H and O–H groups in total. The van der Waals surface area contributed by atoms with Gasteiger partial charge in [0.25, 0.3) is 0 Å². The van der Waals surface area contributed by atoms with E-state index in [1.54, 1.807) is 7.11 Å². The van der Waals surface area contributed by atoms with Gasteiger partial charge in [0, 0.05) is 19.1 Å². The minimum atomic E-state index is -0.572. The van der Waals surface area contributed by atoms with Crippen LogP contribution in [0.15, 0.2) is 54.6 Å². The molecule has 1 aromatic heterocycles. The van der Waals surface area contributed by atoms with Gasteiger partial charge in [0.05, 0.1) is 42.4 Å². The van der Waals surface area contributed by atoms with Crippen LogP contribution in [0.3, 0.4) is 0 Å². The normalized spacial score (nSPS) is 14.8. The highest BCUT2D eigenvalue weighted by Gasteiger charge is 2.33. The van der Waals surface area contributed by atoms with Gasteiger partial charge < -0.3 is 19.3 Å². The molecule has 1 heterocycles. The van der Waals surface area contributed by atoms with E-state index in [2.05, 4.69) is 11.8 Å². The lowest BCUT2D eigenvalue weighted by atomic mass is 10.1. The minimum absolute atomic E-state index is 0.284. The number of hydrogen-bond donors (Lipinski definition) is 1. The number of ether oxygens (including phenoxy) is 3. The zero-order valence-electron chi connectivity index (χ0n) is 22.1. The smallest absolute Gasteiger partial charge is 0.227 e. The summed E-state index contributed by atoms with van der Waals surface area (Å²) < 4.78 is 19.8. The van der Waals surface area contributed by atoms with Gasteiger partial charge in [-0.3, -0.25) is 4.90 Å². The summed E-state index contributed by atoms with van der Waals surface area (Å²) in [7, 11) is 1.64. The van der Waals surface area contributed by atoms with Crippen LogP contribution in [0.1, 0.15) is 51.8 Å². The van der Waals surface area contributed by atoms with Gasteiger partial charge >= 0.3 is 0 Å². The van der Waals surface area contributed by atoms with Crippen molar-refractivity contribution in [3.05, 3.63) is 65.9 Å². The lowest BCUT2D eigenvalue weighted by Gasteiger charge is -2.27. The predicted molar refractivity (Wildman–Crippen MR) is 141 cm³/mol. The van der Waals surface area contributed by atoms with Crippen molar-refractivity contribution in [3.8, 4) is 23.1 Å². The summed E-state index contributed by atoms with van der Waals surface area (Å²) >= 11 is 0. The Balaban J connectivity index is 1.68. The van der Waals surface area contributed by atoms with Crippen LogP contribution in [0, 0.1) is 0 Å². The molecule has 194 valence electrons. The topological polar surface area (TPSA) is 69.0 Å². The summed E-state index contributed by atoms with van der Waals surface area (Å²) in [5.74, 6) is 1.97. The maximum Gasteiger partial charge on any atom is 0.227 e. The second-order valence-corrected chi connectivity index (χ2v) is 10.3. The van der Waals surface area contributed by atoms with Gasteiger partial charge in [0.2, 0.25) is 5.88 Å². The van der Waals surface area contributed by atoms with Gasteiger partial charge in [0.15, 0.2) is 11.5 Å². The monoisotopic (exact) mass is 493 g/mol. The molecule has 1 saturated carbocycles. The molecule has 1 aliphatic carbocycles. The third-order valence-electron chi connectivity index (χ3n) is 6.21. The van der Waals surface area contributed by atoms with E-state index in [0.29, 0.717) is 43.1 Å². The number of benzene rings is 2. The molecule has 0 spiro atoms. The second-order valence-electron chi connectivity index (χ2n) is 10.3. The Labute approximate surface area is 214 Å². The Morgan fingerprint density at radius 1 is 1.06 bits per heavy atom. The number of rotatable bonds is 12. The van der Waals surface area contributed by atoms with Crippen molar-refractivity contribution >= 4 is 0 Å². The summed E-state index contributed by atoms with van der Waals surface area (Å²) in [5, 5.41) is 15.8. The van der Waals surface area contributed by atoms with Crippen molar-refractivity contribution in [1.82, 2.24) is 14.7 Å². The lowest BCUT2D eigenvalue weighted by molar-refractivity contribution is -0.0573. The van der Waals surface area contributed by atoms with Gasteiger partial charge in [0.1, 0.15) is 0 Å². The number of para-hydroxylation sites is 3. The number of nitrogens with zero attached hydrogens (tertiary/aromatic N) is 3. The summed E-state index contributed by atoms with van der Waals surface area (Å²) in [4.78, 5) is 2.34. The molecule has 7 heteroatoms. The van der Waals surface area contributed by atoms with Crippen LogP contribution in [-0.4, -0.2) is 57.8 Å². The van der Waals surface area contributed by atoms with Crippen molar-refractivity contribution < 1.29 is 19.3 Å². The number of aromatic nitrogens is 2. The second kappa shape index (κ2) is 11.5. The summed E-state index contributed by atoms with van der Waals surface area (Å²) in [6.45, 7) is 9.61. The first kappa shape index (κ1) is 26.2. The number of aryl methyl sites for hydroxylation is 1. The van der Waals surface area contributed by atoms with Crippen molar-refractivity contribution in [2.24, 2.45) is 0 Å². The van der Waals surface area contributed by atoms with Gasteiger partial charge in [-0.1, -0.05) is 37.3 Å². The Morgan fingerprint density at radius 3 is 2.33 bits per heavy atom. The fourth-order valence-electron chi connectivity index (χ4n) is 4.23. The zero-order chi connectivity index (χ0) is 25.7. The summed E-state index contributed by atoms with van der Waals surface area (Å²) in [6.07, 6.45) is 2.46. The van der Waals surface area contributed by atoms with E-state index >= 15 is 0 Å². The fraction of sp³-hybridized carbons (Fsp3) is 0.483. The Kier molecular flexibility index (Phi) is 8.34. The molecule has 0 unspecified atom stereocenters. The zero-order valence-corrected chi connectivity index (χ0v) is 22.1. The molecule has 36 heavy (non-hydrogen) atoms. The number of aliphatic hydroxyl groups excluding tert-OH is 1. The van der Waals surface area contributed by atoms with Crippen LogP contribution in [0.25, 0.3) is 5.69 Å². The third-order valence-corrected chi connectivity index (χ3v) is 6.21. The molecule has 4 rings (SSSR count). The van der Waals surface area contributed by atoms with E-state index < -0.39 is 6.10 Å². The van der Waals surface area contributed by atoms with Gasteiger partial charge in [-0.25, -0.2) is 4.68 Å². The molecule has 1 aliphatic rings. The highest BCUT2D eigenvalue weighted by Crippen LogP contribution is 2.38. The molecule has 2 aromatic carbocycles. The molecule has 0 bridgehead atoms. The number of methoxy groups -OCH3 is 1. The van der Waals surface area contributed by atoms with Crippen LogP contribution in [-0.2, 0) is 17.7 Å². The summed E-state index contributed by atoms with van der Waals surface area (Å²) in [5.41, 5.74) is 2.66. The quantitative estimate of drug-likeness (QED) is 0.366. The van der Waals surface area contributed by atoms with Crippen molar-refractivity contribution in [1.29, 1.82) is 0 Å². The van der Waals surface area contributed by atoms with Crippen LogP contribution < -0.4 is 9.47 Å². The highest BCUT2D eigenvalue weighted by atomic mass is 16.5. The SMILES string of the molecule is CCc1nn(-c2ccccc2)c(Oc2ccccc2OC)c1CN(C[C@@H](O)COC(C)(C)C)C1CC1. The molecule has 0 radical (unpaired) electrons. The molecule has 1 fully saturated rings. The summed E-state index contributed by atoms with van der Waals surface area (Å²) in [6, 6.07) is 18.1. The molecule has 3 aromatic rings. The molecule has 0 amide bonds.